The van der Waals surface area contributed by atoms with E-state index in [2.05, 4.69) is 10.3 Å². The molecule has 0 aliphatic carbocycles. The number of carbonyl (C=O) groups excluding carboxylic acids is 1. The molecule has 0 radical (unpaired) electrons. The number of nitriles is 1. The average Bonchev–Trinajstić information content (AvgIpc) is 2.29. The van der Waals surface area contributed by atoms with E-state index in [1.165, 1.54) is 6.20 Å². The maximum Gasteiger partial charge on any atom is 0.253 e. The Balaban J connectivity index is 2.65. The quantitative estimate of drug-likeness (QED) is 0.816. The molecule has 1 aromatic rings. The maximum absolute atomic E-state index is 11.7. The molecule has 1 atom stereocenters. The molecule has 1 rings (SSSR count). The summed E-state index contributed by atoms with van der Waals surface area (Å²) in [5.41, 5.74) is 0.445. The van der Waals surface area contributed by atoms with Gasteiger partial charge in [-0.25, -0.2) is 4.98 Å². The van der Waals surface area contributed by atoms with Gasteiger partial charge in [-0.3, -0.25) is 4.79 Å². The number of halogens is 1. The van der Waals surface area contributed by atoms with Crippen molar-refractivity contribution in [3.8, 4) is 6.07 Å². The van der Waals surface area contributed by atoms with E-state index in [-0.39, 0.29) is 11.9 Å². The van der Waals surface area contributed by atoms with Crippen molar-refractivity contribution >= 4 is 17.5 Å². The molecule has 4 nitrogen and oxygen atoms in total. The number of nitrogens with zero attached hydrogens (tertiary/aromatic N) is 2. The highest BCUT2D eigenvalue weighted by Gasteiger charge is 2.11. The number of aromatic nitrogens is 1. The molecule has 0 saturated heterocycles. The Morgan fingerprint density at radius 3 is 2.94 bits per heavy atom. The van der Waals surface area contributed by atoms with Gasteiger partial charge in [-0.15, -0.1) is 0 Å². The van der Waals surface area contributed by atoms with Gasteiger partial charge in [0.05, 0.1) is 18.1 Å². The maximum atomic E-state index is 11.7. The predicted octanol–water partition coefficient (Wildman–Crippen LogP) is 2.16. The summed E-state index contributed by atoms with van der Waals surface area (Å²) in [4.78, 5) is 15.5. The van der Waals surface area contributed by atoms with Gasteiger partial charge in [-0.05, 0) is 18.6 Å². The van der Waals surface area contributed by atoms with Gasteiger partial charge in [0.1, 0.15) is 5.15 Å². The molecule has 0 bridgehead atoms. The summed E-state index contributed by atoms with van der Waals surface area (Å²) in [7, 11) is 0. The highest BCUT2D eigenvalue weighted by molar-refractivity contribution is 6.29. The molecule has 0 spiro atoms. The monoisotopic (exact) mass is 237 g/mol. The van der Waals surface area contributed by atoms with E-state index in [1.807, 2.05) is 13.0 Å². The molecule has 0 aromatic carbocycles. The predicted molar refractivity (Wildman–Crippen MR) is 61.0 cm³/mol. The first-order valence-corrected chi connectivity index (χ1v) is 5.34. The SMILES string of the molecule is CCC(CC#N)NC(=O)c1ccc(Cl)nc1. The molecule has 1 N–H and O–H groups in total. The van der Waals surface area contributed by atoms with Crippen LogP contribution in [0.5, 0.6) is 0 Å². The zero-order chi connectivity index (χ0) is 12.0. The van der Waals surface area contributed by atoms with Crippen molar-refractivity contribution in [3.63, 3.8) is 0 Å². The third-order valence-corrected chi connectivity index (χ3v) is 2.38. The van der Waals surface area contributed by atoms with Crippen LogP contribution >= 0.6 is 11.6 Å². The van der Waals surface area contributed by atoms with E-state index in [4.69, 9.17) is 16.9 Å². The van der Waals surface area contributed by atoms with Crippen LogP contribution in [-0.4, -0.2) is 16.9 Å². The first-order valence-electron chi connectivity index (χ1n) is 4.96. The zero-order valence-corrected chi connectivity index (χ0v) is 9.66. The van der Waals surface area contributed by atoms with E-state index >= 15 is 0 Å². The van der Waals surface area contributed by atoms with Gasteiger partial charge < -0.3 is 5.32 Å². The van der Waals surface area contributed by atoms with Gasteiger partial charge in [0.25, 0.3) is 5.91 Å². The van der Waals surface area contributed by atoms with Gasteiger partial charge >= 0.3 is 0 Å². The molecule has 0 aliphatic heterocycles. The minimum absolute atomic E-state index is 0.117. The van der Waals surface area contributed by atoms with Gasteiger partial charge in [-0.2, -0.15) is 5.26 Å². The van der Waals surface area contributed by atoms with Crippen molar-refractivity contribution in [2.24, 2.45) is 0 Å². The molecular formula is C11H12ClN3O. The summed E-state index contributed by atoms with van der Waals surface area (Å²) < 4.78 is 0. The topological polar surface area (TPSA) is 65.8 Å². The van der Waals surface area contributed by atoms with Crippen LogP contribution in [0.3, 0.4) is 0 Å². The Kier molecular flexibility index (Phi) is 4.74. The molecule has 16 heavy (non-hydrogen) atoms. The van der Waals surface area contributed by atoms with Crippen molar-refractivity contribution in [2.75, 3.05) is 0 Å². The zero-order valence-electron chi connectivity index (χ0n) is 8.90. The fourth-order valence-electron chi connectivity index (χ4n) is 1.19. The summed E-state index contributed by atoms with van der Waals surface area (Å²) >= 11 is 5.61. The molecule has 1 amide bonds. The molecule has 0 aliphatic rings. The lowest BCUT2D eigenvalue weighted by Crippen LogP contribution is -2.34. The molecule has 5 heteroatoms. The molecule has 84 valence electrons. The van der Waals surface area contributed by atoms with Crippen molar-refractivity contribution in [3.05, 3.63) is 29.0 Å². The van der Waals surface area contributed by atoms with E-state index in [9.17, 15) is 4.79 Å². The van der Waals surface area contributed by atoms with Crippen LogP contribution in [0.25, 0.3) is 0 Å². The summed E-state index contributed by atoms with van der Waals surface area (Å²) in [5.74, 6) is -0.230. The summed E-state index contributed by atoms with van der Waals surface area (Å²) in [6, 6.07) is 5.07. The number of hydrogen-bond donors (Lipinski definition) is 1. The standard InChI is InChI=1S/C11H12ClN3O/c1-2-9(5-6-13)15-11(16)8-3-4-10(12)14-7-8/h3-4,7,9H,2,5H2,1H3,(H,15,16). The fourth-order valence-corrected chi connectivity index (χ4v) is 1.30. The third kappa shape index (κ3) is 3.52. The van der Waals surface area contributed by atoms with E-state index in [1.54, 1.807) is 12.1 Å². The Hall–Kier alpha value is -1.60. The molecule has 0 fully saturated rings. The van der Waals surface area contributed by atoms with Crippen molar-refractivity contribution in [2.45, 2.75) is 25.8 Å². The number of amides is 1. The van der Waals surface area contributed by atoms with Gasteiger partial charge in [-0.1, -0.05) is 18.5 Å². The molecular weight excluding hydrogens is 226 g/mol. The molecule has 1 aromatic heterocycles. The number of hydrogen-bond acceptors (Lipinski definition) is 3. The van der Waals surface area contributed by atoms with Crippen molar-refractivity contribution < 1.29 is 4.79 Å². The van der Waals surface area contributed by atoms with Gasteiger partial charge in [0, 0.05) is 12.2 Å². The normalized spacial score (nSPS) is 11.6. The van der Waals surface area contributed by atoms with Gasteiger partial charge in [0.2, 0.25) is 0 Å². The van der Waals surface area contributed by atoms with Crippen molar-refractivity contribution in [1.29, 1.82) is 5.26 Å². The fraction of sp³-hybridized carbons (Fsp3) is 0.364. The Morgan fingerprint density at radius 1 is 1.69 bits per heavy atom. The average molecular weight is 238 g/mol. The van der Waals surface area contributed by atoms with Crippen LogP contribution in [0.1, 0.15) is 30.1 Å². The number of pyridine rings is 1. The number of nitrogens with one attached hydrogen (secondary N) is 1. The largest absolute Gasteiger partial charge is 0.348 e. The van der Waals surface area contributed by atoms with E-state index < -0.39 is 0 Å². The second kappa shape index (κ2) is 6.09. The first-order chi connectivity index (χ1) is 7.67. The molecule has 0 saturated carbocycles. The third-order valence-electron chi connectivity index (χ3n) is 2.16. The van der Waals surface area contributed by atoms with Crippen LogP contribution in [0.2, 0.25) is 5.15 Å². The van der Waals surface area contributed by atoms with Crippen LogP contribution in [0, 0.1) is 11.3 Å². The second-order valence-corrected chi connectivity index (χ2v) is 3.70. The smallest absolute Gasteiger partial charge is 0.253 e. The number of rotatable bonds is 4. The highest BCUT2D eigenvalue weighted by atomic mass is 35.5. The van der Waals surface area contributed by atoms with Crippen LogP contribution in [-0.2, 0) is 0 Å². The summed E-state index contributed by atoms with van der Waals surface area (Å²) in [6.45, 7) is 1.92. The molecule has 1 heterocycles. The van der Waals surface area contributed by atoms with Gasteiger partial charge in [0.15, 0.2) is 0 Å². The van der Waals surface area contributed by atoms with Crippen LogP contribution in [0.4, 0.5) is 0 Å². The van der Waals surface area contributed by atoms with E-state index in [0.29, 0.717) is 17.1 Å². The molecule has 1 unspecified atom stereocenters. The summed E-state index contributed by atoms with van der Waals surface area (Å²) in [5, 5.41) is 11.7. The summed E-state index contributed by atoms with van der Waals surface area (Å²) in [6.07, 6.45) is 2.44. The first kappa shape index (κ1) is 12.5. The number of carbonyl (C=O) groups is 1. The second-order valence-electron chi connectivity index (χ2n) is 3.31. The lowest BCUT2D eigenvalue weighted by atomic mass is 10.1. The Morgan fingerprint density at radius 2 is 2.44 bits per heavy atom. The minimum atomic E-state index is -0.230. The van der Waals surface area contributed by atoms with Crippen LogP contribution < -0.4 is 5.32 Å². The highest BCUT2D eigenvalue weighted by Crippen LogP contribution is 2.06. The lowest BCUT2D eigenvalue weighted by Gasteiger charge is -2.13. The van der Waals surface area contributed by atoms with Crippen molar-refractivity contribution in [1.82, 2.24) is 10.3 Å². The lowest BCUT2D eigenvalue weighted by molar-refractivity contribution is 0.0936. The Bertz CT molecular complexity index is 397. The minimum Gasteiger partial charge on any atom is -0.348 e. The van der Waals surface area contributed by atoms with E-state index in [0.717, 1.165) is 6.42 Å². The Labute approximate surface area is 99.2 Å². The van der Waals surface area contributed by atoms with Crippen LogP contribution in [0.15, 0.2) is 18.3 Å².